The molecule has 0 aromatic heterocycles. The monoisotopic (exact) mass is 335 g/mol. The summed E-state index contributed by atoms with van der Waals surface area (Å²) < 4.78 is 17.6. The molecular weight excluding hydrogens is 321 g/mol. The maximum Gasteiger partial charge on any atom is 0.328 e. The number of carbonyl (C=O) groups is 2. The van der Waals surface area contributed by atoms with Crippen molar-refractivity contribution >= 4 is 23.5 Å². The van der Waals surface area contributed by atoms with E-state index in [4.69, 9.17) is 16.3 Å². The van der Waals surface area contributed by atoms with Crippen molar-refractivity contribution in [3.05, 3.63) is 70.5 Å². The Labute approximate surface area is 138 Å². The normalized spacial score (nSPS) is 11.6. The number of benzene rings is 2. The van der Waals surface area contributed by atoms with Gasteiger partial charge in [-0.25, -0.2) is 9.18 Å². The third kappa shape index (κ3) is 4.79. The van der Waals surface area contributed by atoms with Crippen LogP contribution in [0.4, 0.5) is 4.39 Å². The van der Waals surface area contributed by atoms with Crippen LogP contribution in [0.5, 0.6) is 0 Å². The van der Waals surface area contributed by atoms with Gasteiger partial charge >= 0.3 is 5.97 Å². The summed E-state index contributed by atoms with van der Waals surface area (Å²) in [7, 11) is 1.25. The van der Waals surface area contributed by atoms with Crippen LogP contribution in [0.25, 0.3) is 0 Å². The average Bonchev–Trinajstić information content (AvgIpc) is 2.54. The average molecular weight is 336 g/mol. The van der Waals surface area contributed by atoms with Crippen LogP contribution in [-0.2, 0) is 16.0 Å². The highest BCUT2D eigenvalue weighted by Gasteiger charge is 2.22. The zero-order valence-electron chi connectivity index (χ0n) is 12.4. The molecule has 4 nitrogen and oxygen atoms in total. The molecule has 6 heteroatoms. The largest absolute Gasteiger partial charge is 0.467 e. The minimum Gasteiger partial charge on any atom is -0.467 e. The molecule has 0 aliphatic rings. The standard InChI is InChI=1S/C17H15ClFNO3/c1-23-17(22)15(10-11-3-2-4-13(18)9-11)20-16(21)12-5-7-14(19)8-6-12/h2-9,15H,10H2,1H3,(H,20,21)/t15-/m0/s1. The lowest BCUT2D eigenvalue weighted by molar-refractivity contribution is -0.142. The van der Waals surface area contributed by atoms with Crippen LogP contribution in [-0.4, -0.2) is 25.0 Å². The van der Waals surface area contributed by atoms with E-state index in [1.54, 1.807) is 24.3 Å². The van der Waals surface area contributed by atoms with Gasteiger partial charge in [0, 0.05) is 17.0 Å². The molecule has 0 fully saturated rings. The first kappa shape index (κ1) is 17.0. The van der Waals surface area contributed by atoms with E-state index in [0.717, 1.165) is 5.56 Å². The van der Waals surface area contributed by atoms with Crippen molar-refractivity contribution in [1.29, 1.82) is 0 Å². The van der Waals surface area contributed by atoms with Crippen molar-refractivity contribution in [2.75, 3.05) is 7.11 Å². The maximum atomic E-state index is 12.9. The van der Waals surface area contributed by atoms with Gasteiger partial charge < -0.3 is 10.1 Å². The number of hydrogen-bond donors (Lipinski definition) is 1. The molecule has 2 aromatic rings. The summed E-state index contributed by atoms with van der Waals surface area (Å²) in [6.07, 6.45) is 0.236. The molecule has 0 aliphatic carbocycles. The van der Waals surface area contributed by atoms with Crippen LogP contribution in [0, 0.1) is 5.82 Å². The van der Waals surface area contributed by atoms with E-state index in [1.165, 1.54) is 31.4 Å². The van der Waals surface area contributed by atoms with Gasteiger partial charge in [0.05, 0.1) is 7.11 Å². The van der Waals surface area contributed by atoms with E-state index in [9.17, 15) is 14.0 Å². The van der Waals surface area contributed by atoms with E-state index in [1.807, 2.05) is 0 Å². The second kappa shape index (κ2) is 7.74. The van der Waals surface area contributed by atoms with Crippen molar-refractivity contribution in [1.82, 2.24) is 5.32 Å². The summed E-state index contributed by atoms with van der Waals surface area (Å²) in [5, 5.41) is 3.13. The van der Waals surface area contributed by atoms with Crippen molar-refractivity contribution in [3.8, 4) is 0 Å². The Kier molecular flexibility index (Phi) is 5.71. The molecule has 0 radical (unpaired) electrons. The minimum atomic E-state index is -0.865. The van der Waals surface area contributed by atoms with Crippen LogP contribution in [0.15, 0.2) is 48.5 Å². The zero-order valence-corrected chi connectivity index (χ0v) is 13.1. The second-order valence-electron chi connectivity index (χ2n) is 4.89. The third-order valence-corrected chi connectivity index (χ3v) is 3.46. The molecule has 0 spiro atoms. The molecule has 120 valence electrons. The number of halogens is 2. The van der Waals surface area contributed by atoms with Gasteiger partial charge in [-0.3, -0.25) is 4.79 Å². The number of carbonyl (C=O) groups excluding carboxylic acids is 2. The summed E-state index contributed by atoms with van der Waals surface area (Å²) >= 11 is 5.92. The molecule has 1 N–H and O–H groups in total. The van der Waals surface area contributed by atoms with E-state index in [-0.39, 0.29) is 12.0 Å². The molecule has 0 unspecified atom stereocenters. The molecule has 0 saturated carbocycles. The first-order valence-corrected chi connectivity index (χ1v) is 7.26. The van der Waals surface area contributed by atoms with Gasteiger partial charge in [0.1, 0.15) is 11.9 Å². The highest BCUT2D eigenvalue weighted by molar-refractivity contribution is 6.30. The Hall–Kier alpha value is -2.40. The lowest BCUT2D eigenvalue weighted by Gasteiger charge is -2.17. The number of nitrogens with one attached hydrogen (secondary N) is 1. The van der Waals surface area contributed by atoms with Gasteiger partial charge in [-0.05, 0) is 42.0 Å². The van der Waals surface area contributed by atoms with E-state index in [0.29, 0.717) is 5.02 Å². The minimum absolute atomic E-state index is 0.236. The second-order valence-corrected chi connectivity index (χ2v) is 5.33. The lowest BCUT2D eigenvalue weighted by Crippen LogP contribution is -2.43. The Balaban J connectivity index is 2.13. The van der Waals surface area contributed by atoms with Crippen LogP contribution in [0.1, 0.15) is 15.9 Å². The highest BCUT2D eigenvalue weighted by atomic mass is 35.5. The first-order chi connectivity index (χ1) is 11.0. The fraction of sp³-hybridized carbons (Fsp3) is 0.176. The number of amides is 1. The summed E-state index contributed by atoms with van der Waals surface area (Å²) in [6, 6.07) is 11.2. The van der Waals surface area contributed by atoms with Gasteiger partial charge in [-0.2, -0.15) is 0 Å². The number of ether oxygens (including phenoxy) is 1. The smallest absolute Gasteiger partial charge is 0.328 e. The third-order valence-electron chi connectivity index (χ3n) is 3.23. The molecule has 23 heavy (non-hydrogen) atoms. The molecular formula is C17H15ClFNO3. The molecule has 2 rings (SSSR count). The zero-order chi connectivity index (χ0) is 16.8. The van der Waals surface area contributed by atoms with Crippen molar-refractivity contribution in [3.63, 3.8) is 0 Å². The topological polar surface area (TPSA) is 55.4 Å². The highest BCUT2D eigenvalue weighted by Crippen LogP contribution is 2.13. The van der Waals surface area contributed by atoms with Crippen molar-refractivity contribution in [2.45, 2.75) is 12.5 Å². The lowest BCUT2D eigenvalue weighted by atomic mass is 10.1. The molecule has 0 saturated heterocycles. The molecule has 0 aliphatic heterocycles. The number of rotatable bonds is 5. The quantitative estimate of drug-likeness (QED) is 0.855. The fourth-order valence-corrected chi connectivity index (χ4v) is 2.29. The Bertz CT molecular complexity index is 703. The van der Waals surface area contributed by atoms with E-state index < -0.39 is 23.7 Å². The molecule has 0 heterocycles. The van der Waals surface area contributed by atoms with Gasteiger partial charge in [0.15, 0.2) is 0 Å². The summed E-state index contributed by atoms with van der Waals surface area (Å²) in [5.41, 5.74) is 1.04. The first-order valence-electron chi connectivity index (χ1n) is 6.88. The number of methoxy groups -OCH3 is 1. The molecule has 1 atom stereocenters. The van der Waals surface area contributed by atoms with Gasteiger partial charge in [0.2, 0.25) is 0 Å². The fourth-order valence-electron chi connectivity index (χ4n) is 2.08. The van der Waals surface area contributed by atoms with Gasteiger partial charge in [0.25, 0.3) is 5.91 Å². The number of esters is 1. The van der Waals surface area contributed by atoms with Gasteiger partial charge in [-0.1, -0.05) is 23.7 Å². The van der Waals surface area contributed by atoms with Crippen molar-refractivity contribution < 1.29 is 18.7 Å². The maximum absolute atomic E-state index is 12.9. The summed E-state index contributed by atoms with van der Waals surface area (Å²) in [4.78, 5) is 24.1. The summed E-state index contributed by atoms with van der Waals surface area (Å²) in [6.45, 7) is 0. The van der Waals surface area contributed by atoms with E-state index >= 15 is 0 Å². The van der Waals surface area contributed by atoms with Crippen LogP contribution >= 0.6 is 11.6 Å². The van der Waals surface area contributed by atoms with Crippen molar-refractivity contribution in [2.24, 2.45) is 0 Å². The predicted octanol–water partition coefficient (Wildman–Crippen LogP) is 2.99. The molecule has 1 amide bonds. The summed E-state index contributed by atoms with van der Waals surface area (Å²) in [5.74, 6) is -1.49. The number of hydrogen-bond acceptors (Lipinski definition) is 3. The Morgan fingerprint density at radius 3 is 2.52 bits per heavy atom. The Morgan fingerprint density at radius 2 is 1.91 bits per heavy atom. The predicted molar refractivity (Wildman–Crippen MR) is 84.8 cm³/mol. The van der Waals surface area contributed by atoms with Crippen LogP contribution < -0.4 is 5.32 Å². The van der Waals surface area contributed by atoms with Gasteiger partial charge in [-0.15, -0.1) is 0 Å². The van der Waals surface area contributed by atoms with E-state index in [2.05, 4.69) is 5.32 Å². The SMILES string of the molecule is COC(=O)[C@H](Cc1cccc(Cl)c1)NC(=O)c1ccc(F)cc1. The van der Waals surface area contributed by atoms with Crippen LogP contribution in [0.2, 0.25) is 5.02 Å². The molecule has 0 bridgehead atoms. The molecule has 2 aromatic carbocycles. The Morgan fingerprint density at radius 1 is 1.22 bits per heavy atom. The van der Waals surface area contributed by atoms with Crippen LogP contribution in [0.3, 0.4) is 0 Å².